The molecule has 3 unspecified atom stereocenters. The van der Waals surface area contributed by atoms with E-state index in [1.807, 2.05) is 32.9 Å². The number of carbonyl (C=O) groups is 2. The van der Waals surface area contributed by atoms with Crippen LogP contribution in [0, 0.1) is 31.6 Å². The van der Waals surface area contributed by atoms with Gasteiger partial charge in [-0.1, -0.05) is 13.0 Å². The summed E-state index contributed by atoms with van der Waals surface area (Å²) in [7, 11) is 0. The first-order valence-corrected chi connectivity index (χ1v) is 7.89. The number of amides is 1. The second kappa shape index (κ2) is 6.18. The van der Waals surface area contributed by atoms with Gasteiger partial charge in [0.15, 0.2) is 0 Å². The van der Waals surface area contributed by atoms with Crippen molar-refractivity contribution in [2.75, 3.05) is 5.32 Å². The molecule has 0 radical (unpaired) electrons. The van der Waals surface area contributed by atoms with Crippen molar-refractivity contribution in [3.63, 3.8) is 0 Å². The molecule has 114 valence electrons. The standard InChI is InChI=1S/C16H20BrNO3/c1-8-4-10(3)14(13(17)7-8)18-15(19)11-5-9(2)6-12(11)16(20)21/h4,7,9,11-12H,5-6H2,1-3H3,(H,18,19)(H,20,21). The zero-order valence-electron chi connectivity index (χ0n) is 12.4. The number of carbonyl (C=O) groups excluding carboxylic acids is 1. The lowest BCUT2D eigenvalue weighted by atomic mass is 9.95. The molecular formula is C16H20BrNO3. The van der Waals surface area contributed by atoms with E-state index < -0.39 is 17.8 Å². The van der Waals surface area contributed by atoms with E-state index in [0.717, 1.165) is 21.3 Å². The fourth-order valence-corrected chi connectivity index (χ4v) is 3.92. The molecule has 0 bridgehead atoms. The number of halogens is 1. The van der Waals surface area contributed by atoms with Gasteiger partial charge in [0.05, 0.1) is 17.5 Å². The van der Waals surface area contributed by atoms with E-state index in [4.69, 9.17) is 0 Å². The summed E-state index contributed by atoms with van der Waals surface area (Å²) in [5.41, 5.74) is 2.80. The lowest BCUT2D eigenvalue weighted by Crippen LogP contribution is -2.30. The van der Waals surface area contributed by atoms with Crippen molar-refractivity contribution in [3.05, 3.63) is 27.7 Å². The van der Waals surface area contributed by atoms with Crippen LogP contribution in [0.25, 0.3) is 0 Å². The van der Waals surface area contributed by atoms with Crippen LogP contribution in [0.15, 0.2) is 16.6 Å². The summed E-state index contributed by atoms with van der Waals surface area (Å²) in [6.07, 6.45) is 1.20. The van der Waals surface area contributed by atoms with Crippen LogP contribution in [0.1, 0.15) is 30.9 Å². The summed E-state index contributed by atoms with van der Waals surface area (Å²) < 4.78 is 0.825. The summed E-state index contributed by atoms with van der Waals surface area (Å²) >= 11 is 3.46. The third-order valence-electron chi connectivity index (χ3n) is 4.13. The van der Waals surface area contributed by atoms with E-state index in [1.54, 1.807) is 0 Å². The van der Waals surface area contributed by atoms with Gasteiger partial charge in [0.2, 0.25) is 5.91 Å². The van der Waals surface area contributed by atoms with Crippen molar-refractivity contribution >= 4 is 33.5 Å². The number of nitrogens with one attached hydrogen (secondary N) is 1. The first-order valence-electron chi connectivity index (χ1n) is 7.10. The highest BCUT2D eigenvalue weighted by Crippen LogP contribution is 2.38. The molecule has 0 aliphatic heterocycles. The molecule has 1 aliphatic carbocycles. The van der Waals surface area contributed by atoms with Gasteiger partial charge in [-0.15, -0.1) is 0 Å². The van der Waals surface area contributed by atoms with E-state index in [-0.39, 0.29) is 11.8 Å². The Hall–Kier alpha value is -1.36. The van der Waals surface area contributed by atoms with Gasteiger partial charge in [0.1, 0.15) is 0 Å². The van der Waals surface area contributed by atoms with Gasteiger partial charge in [0, 0.05) is 4.47 Å². The maximum absolute atomic E-state index is 12.5. The highest BCUT2D eigenvalue weighted by molar-refractivity contribution is 9.10. The SMILES string of the molecule is Cc1cc(C)c(NC(=O)C2CC(C)CC2C(=O)O)c(Br)c1. The van der Waals surface area contributed by atoms with Crippen LogP contribution < -0.4 is 5.32 Å². The molecule has 0 aromatic heterocycles. The number of hydrogen-bond acceptors (Lipinski definition) is 2. The van der Waals surface area contributed by atoms with E-state index in [9.17, 15) is 14.7 Å². The second-order valence-corrected chi connectivity index (χ2v) is 6.91. The quantitative estimate of drug-likeness (QED) is 0.869. The number of rotatable bonds is 3. The Morgan fingerprint density at radius 3 is 2.43 bits per heavy atom. The number of carboxylic acid groups (broad SMARTS) is 1. The van der Waals surface area contributed by atoms with Crippen molar-refractivity contribution in [2.45, 2.75) is 33.6 Å². The van der Waals surface area contributed by atoms with Crippen LogP contribution in [0.5, 0.6) is 0 Å². The topological polar surface area (TPSA) is 66.4 Å². The van der Waals surface area contributed by atoms with Gasteiger partial charge in [-0.3, -0.25) is 9.59 Å². The zero-order valence-corrected chi connectivity index (χ0v) is 14.0. The van der Waals surface area contributed by atoms with Crippen LogP contribution in [0.2, 0.25) is 0 Å². The monoisotopic (exact) mass is 353 g/mol. The molecule has 0 spiro atoms. The summed E-state index contributed by atoms with van der Waals surface area (Å²) in [5, 5.41) is 12.2. The van der Waals surface area contributed by atoms with Gasteiger partial charge >= 0.3 is 5.97 Å². The van der Waals surface area contributed by atoms with Gasteiger partial charge in [-0.05, 0) is 65.7 Å². The molecule has 1 aromatic rings. The Kier molecular flexibility index (Phi) is 4.71. The molecule has 1 aromatic carbocycles. The highest BCUT2D eigenvalue weighted by Gasteiger charge is 2.41. The average Bonchev–Trinajstić information content (AvgIpc) is 2.76. The number of aliphatic carboxylic acids is 1. The molecule has 2 rings (SSSR count). The first-order chi connectivity index (χ1) is 9.79. The molecule has 4 nitrogen and oxygen atoms in total. The smallest absolute Gasteiger partial charge is 0.307 e. The number of anilines is 1. The minimum absolute atomic E-state index is 0.195. The molecule has 1 fully saturated rings. The summed E-state index contributed by atoms with van der Waals surface area (Å²) in [4.78, 5) is 23.8. The number of aryl methyl sites for hydroxylation is 2. The van der Waals surface area contributed by atoms with Crippen LogP contribution in [-0.4, -0.2) is 17.0 Å². The van der Waals surface area contributed by atoms with Crippen molar-refractivity contribution in [1.82, 2.24) is 0 Å². The Morgan fingerprint density at radius 1 is 1.24 bits per heavy atom. The molecular weight excluding hydrogens is 334 g/mol. The summed E-state index contributed by atoms with van der Waals surface area (Å²) in [6, 6.07) is 3.93. The Morgan fingerprint density at radius 2 is 1.86 bits per heavy atom. The van der Waals surface area contributed by atoms with Crippen LogP contribution in [0.3, 0.4) is 0 Å². The van der Waals surface area contributed by atoms with E-state index >= 15 is 0 Å². The lowest BCUT2D eigenvalue weighted by molar-refractivity contribution is -0.145. The van der Waals surface area contributed by atoms with Gasteiger partial charge in [-0.2, -0.15) is 0 Å². The molecule has 0 saturated heterocycles. The maximum atomic E-state index is 12.5. The van der Waals surface area contributed by atoms with Crippen molar-refractivity contribution in [3.8, 4) is 0 Å². The molecule has 3 atom stereocenters. The normalized spacial score (nSPS) is 24.9. The minimum atomic E-state index is -0.876. The van der Waals surface area contributed by atoms with Crippen LogP contribution in [-0.2, 0) is 9.59 Å². The average molecular weight is 354 g/mol. The number of hydrogen-bond donors (Lipinski definition) is 2. The first kappa shape index (κ1) is 16.0. The molecule has 5 heteroatoms. The zero-order chi connectivity index (χ0) is 15.7. The van der Waals surface area contributed by atoms with Crippen molar-refractivity contribution < 1.29 is 14.7 Å². The van der Waals surface area contributed by atoms with E-state index in [1.165, 1.54) is 0 Å². The molecule has 2 N–H and O–H groups in total. The fraction of sp³-hybridized carbons (Fsp3) is 0.500. The Bertz CT molecular complexity index is 562. The van der Waals surface area contributed by atoms with Crippen LogP contribution >= 0.6 is 15.9 Å². The molecule has 1 saturated carbocycles. The minimum Gasteiger partial charge on any atom is -0.481 e. The van der Waals surface area contributed by atoms with Crippen molar-refractivity contribution in [1.29, 1.82) is 0 Å². The number of carboxylic acids is 1. The highest BCUT2D eigenvalue weighted by atomic mass is 79.9. The van der Waals surface area contributed by atoms with E-state index in [0.29, 0.717) is 12.8 Å². The fourth-order valence-electron chi connectivity index (χ4n) is 3.14. The van der Waals surface area contributed by atoms with Crippen molar-refractivity contribution in [2.24, 2.45) is 17.8 Å². The predicted molar refractivity (Wildman–Crippen MR) is 85.3 cm³/mol. The summed E-state index contributed by atoms with van der Waals surface area (Å²) in [5.74, 6) is -1.84. The third kappa shape index (κ3) is 3.46. The molecule has 1 amide bonds. The second-order valence-electron chi connectivity index (χ2n) is 6.06. The molecule has 0 heterocycles. The maximum Gasteiger partial charge on any atom is 0.307 e. The van der Waals surface area contributed by atoms with E-state index in [2.05, 4.69) is 21.2 Å². The Labute approximate surface area is 133 Å². The molecule has 1 aliphatic rings. The van der Waals surface area contributed by atoms with Crippen LogP contribution in [0.4, 0.5) is 5.69 Å². The lowest BCUT2D eigenvalue weighted by Gasteiger charge is -2.18. The van der Waals surface area contributed by atoms with Gasteiger partial charge in [0.25, 0.3) is 0 Å². The third-order valence-corrected chi connectivity index (χ3v) is 4.76. The summed E-state index contributed by atoms with van der Waals surface area (Å²) in [6.45, 7) is 5.91. The molecule has 21 heavy (non-hydrogen) atoms. The number of benzene rings is 1. The largest absolute Gasteiger partial charge is 0.481 e. The van der Waals surface area contributed by atoms with Gasteiger partial charge in [-0.25, -0.2) is 0 Å². The van der Waals surface area contributed by atoms with Gasteiger partial charge < -0.3 is 10.4 Å². The predicted octanol–water partition coefficient (Wildman–Crippen LogP) is 3.75. The Balaban J connectivity index is 2.20.